The van der Waals surface area contributed by atoms with Crippen LogP contribution in [-0.2, 0) is 0 Å². The van der Waals surface area contributed by atoms with Gasteiger partial charge in [-0.3, -0.25) is 4.90 Å². The number of benzene rings is 1. The lowest BCUT2D eigenvalue weighted by Gasteiger charge is -2.26. The van der Waals surface area contributed by atoms with Crippen molar-refractivity contribution in [3.8, 4) is 5.75 Å². The van der Waals surface area contributed by atoms with E-state index in [0.29, 0.717) is 19.2 Å². The van der Waals surface area contributed by atoms with Gasteiger partial charge in [-0.05, 0) is 56.6 Å². The van der Waals surface area contributed by atoms with Crippen LogP contribution in [0.4, 0.5) is 0 Å². The third kappa shape index (κ3) is 3.37. The molecule has 2 rings (SSSR count). The van der Waals surface area contributed by atoms with Gasteiger partial charge in [-0.2, -0.15) is 0 Å². The van der Waals surface area contributed by atoms with Gasteiger partial charge in [0.15, 0.2) is 0 Å². The first-order valence-electron chi connectivity index (χ1n) is 6.54. The zero-order chi connectivity index (χ0) is 13.0. The minimum atomic E-state index is 0.322. The molecule has 1 fully saturated rings. The van der Waals surface area contributed by atoms with Gasteiger partial charge < -0.3 is 10.5 Å². The van der Waals surface area contributed by atoms with E-state index in [0.717, 1.165) is 29.4 Å². The molecule has 0 saturated carbocycles. The lowest BCUT2D eigenvalue weighted by molar-refractivity contribution is 0.164. The minimum absolute atomic E-state index is 0.322. The Morgan fingerprint density at radius 2 is 2.11 bits per heavy atom. The van der Waals surface area contributed by atoms with Crippen LogP contribution < -0.4 is 10.5 Å². The predicted molar refractivity (Wildman–Crippen MR) is 75.3 cm³/mol. The van der Waals surface area contributed by atoms with Crippen LogP contribution in [0.25, 0.3) is 0 Å². The molecule has 0 aliphatic carbocycles. The summed E-state index contributed by atoms with van der Waals surface area (Å²) in [4.78, 5) is 2.42. The molecule has 4 heteroatoms. The molecule has 1 aliphatic heterocycles. The summed E-state index contributed by atoms with van der Waals surface area (Å²) in [5.74, 6) is 0.900. The summed E-state index contributed by atoms with van der Waals surface area (Å²) in [6, 6.07) is 6.03. The van der Waals surface area contributed by atoms with Gasteiger partial charge in [-0.15, -0.1) is 0 Å². The van der Waals surface area contributed by atoms with E-state index in [-0.39, 0.29) is 0 Å². The third-order valence-electron chi connectivity index (χ3n) is 3.50. The third-order valence-corrected chi connectivity index (χ3v) is 3.73. The quantitative estimate of drug-likeness (QED) is 0.892. The summed E-state index contributed by atoms with van der Waals surface area (Å²) < 4.78 is 5.88. The molecule has 1 heterocycles. The lowest BCUT2D eigenvalue weighted by Crippen LogP contribution is -2.42. The summed E-state index contributed by atoms with van der Waals surface area (Å²) in [5.41, 5.74) is 6.91. The van der Waals surface area contributed by atoms with Crippen molar-refractivity contribution in [2.24, 2.45) is 5.73 Å². The van der Waals surface area contributed by atoms with Gasteiger partial charge in [0.1, 0.15) is 12.4 Å². The maximum Gasteiger partial charge on any atom is 0.122 e. The minimum Gasteiger partial charge on any atom is -0.492 e. The molecule has 18 heavy (non-hydrogen) atoms. The van der Waals surface area contributed by atoms with Crippen molar-refractivity contribution in [1.82, 2.24) is 4.90 Å². The Hall–Kier alpha value is -0.770. The fraction of sp³-hybridized carbons (Fsp3) is 0.571. The second-order valence-electron chi connectivity index (χ2n) is 4.85. The fourth-order valence-corrected chi connectivity index (χ4v) is 2.62. The van der Waals surface area contributed by atoms with Crippen LogP contribution in [0.5, 0.6) is 5.75 Å². The molecule has 1 aliphatic rings. The topological polar surface area (TPSA) is 38.5 Å². The molecule has 0 bridgehead atoms. The number of aryl methyl sites for hydroxylation is 1. The molecular weight excluding hydrogens is 248 g/mol. The van der Waals surface area contributed by atoms with Crippen molar-refractivity contribution in [2.45, 2.75) is 25.8 Å². The summed E-state index contributed by atoms with van der Waals surface area (Å²) in [5, 5.41) is 0.745. The van der Waals surface area contributed by atoms with E-state index in [1.807, 2.05) is 25.1 Å². The number of halogens is 1. The first-order chi connectivity index (χ1) is 8.70. The SMILES string of the molecule is Cc1cc(Cl)ccc1OCC(CN)N1CCCC1. The molecule has 1 unspecified atom stereocenters. The van der Waals surface area contributed by atoms with Crippen LogP contribution in [0, 0.1) is 6.92 Å². The van der Waals surface area contributed by atoms with Gasteiger partial charge >= 0.3 is 0 Å². The smallest absolute Gasteiger partial charge is 0.122 e. The maximum absolute atomic E-state index is 5.93. The van der Waals surface area contributed by atoms with E-state index in [4.69, 9.17) is 22.1 Å². The average molecular weight is 269 g/mol. The molecule has 0 aromatic heterocycles. The Bertz CT molecular complexity index is 391. The van der Waals surface area contributed by atoms with E-state index >= 15 is 0 Å². The number of ether oxygens (including phenoxy) is 1. The predicted octanol–water partition coefficient (Wildman–Crippen LogP) is 2.45. The molecule has 1 aromatic carbocycles. The number of likely N-dealkylation sites (tertiary alicyclic amines) is 1. The molecule has 2 N–H and O–H groups in total. The van der Waals surface area contributed by atoms with Gasteiger partial charge in [0.2, 0.25) is 0 Å². The number of rotatable bonds is 5. The highest BCUT2D eigenvalue weighted by Gasteiger charge is 2.21. The van der Waals surface area contributed by atoms with Gasteiger partial charge in [-0.1, -0.05) is 11.6 Å². The maximum atomic E-state index is 5.93. The average Bonchev–Trinajstić information content (AvgIpc) is 2.86. The molecule has 1 atom stereocenters. The van der Waals surface area contributed by atoms with Crippen LogP contribution in [0.2, 0.25) is 5.02 Å². The second kappa shape index (κ2) is 6.41. The van der Waals surface area contributed by atoms with E-state index in [2.05, 4.69) is 4.90 Å². The van der Waals surface area contributed by atoms with E-state index in [1.54, 1.807) is 0 Å². The van der Waals surface area contributed by atoms with Crippen molar-refractivity contribution in [1.29, 1.82) is 0 Å². The summed E-state index contributed by atoms with van der Waals surface area (Å²) in [6.07, 6.45) is 2.55. The van der Waals surface area contributed by atoms with Gasteiger partial charge in [0.05, 0.1) is 6.04 Å². The van der Waals surface area contributed by atoms with E-state index in [9.17, 15) is 0 Å². The van der Waals surface area contributed by atoms with Gasteiger partial charge in [0.25, 0.3) is 0 Å². The Morgan fingerprint density at radius 1 is 1.39 bits per heavy atom. The van der Waals surface area contributed by atoms with Crippen molar-refractivity contribution in [3.05, 3.63) is 28.8 Å². The van der Waals surface area contributed by atoms with Crippen LogP contribution in [0.1, 0.15) is 18.4 Å². The summed E-state index contributed by atoms with van der Waals surface area (Å²) in [7, 11) is 0. The van der Waals surface area contributed by atoms with E-state index in [1.165, 1.54) is 12.8 Å². The highest BCUT2D eigenvalue weighted by molar-refractivity contribution is 6.30. The van der Waals surface area contributed by atoms with Crippen LogP contribution in [0.3, 0.4) is 0 Å². The van der Waals surface area contributed by atoms with Gasteiger partial charge in [-0.25, -0.2) is 0 Å². The Kier molecular flexibility index (Phi) is 4.87. The standard InChI is InChI=1S/C14H21ClN2O/c1-11-8-12(15)4-5-14(11)18-10-13(9-16)17-6-2-3-7-17/h4-5,8,13H,2-3,6-7,9-10,16H2,1H3. The molecule has 1 aromatic rings. The first kappa shape index (κ1) is 13.7. The lowest BCUT2D eigenvalue weighted by atomic mass is 10.2. The molecule has 0 radical (unpaired) electrons. The highest BCUT2D eigenvalue weighted by atomic mass is 35.5. The van der Waals surface area contributed by atoms with Gasteiger partial charge in [0, 0.05) is 11.6 Å². The monoisotopic (exact) mass is 268 g/mol. The number of nitrogens with zero attached hydrogens (tertiary/aromatic N) is 1. The fourth-order valence-electron chi connectivity index (χ4n) is 2.39. The second-order valence-corrected chi connectivity index (χ2v) is 5.29. The number of hydrogen-bond donors (Lipinski definition) is 1. The van der Waals surface area contributed by atoms with Crippen molar-refractivity contribution in [3.63, 3.8) is 0 Å². The molecule has 100 valence electrons. The zero-order valence-corrected chi connectivity index (χ0v) is 11.6. The number of nitrogens with two attached hydrogens (primary N) is 1. The molecule has 3 nitrogen and oxygen atoms in total. The van der Waals surface area contributed by atoms with Crippen molar-refractivity contribution >= 4 is 11.6 Å². The van der Waals surface area contributed by atoms with Crippen LogP contribution in [0.15, 0.2) is 18.2 Å². The molecular formula is C14H21ClN2O. The number of hydrogen-bond acceptors (Lipinski definition) is 3. The molecule has 0 spiro atoms. The largest absolute Gasteiger partial charge is 0.492 e. The van der Waals surface area contributed by atoms with Crippen LogP contribution >= 0.6 is 11.6 Å². The first-order valence-corrected chi connectivity index (χ1v) is 6.91. The normalized spacial score (nSPS) is 17.9. The summed E-state index contributed by atoms with van der Waals surface area (Å²) in [6.45, 7) is 5.59. The molecule has 1 saturated heterocycles. The van der Waals surface area contributed by atoms with Crippen molar-refractivity contribution in [2.75, 3.05) is 26.2 Å². The zero-order valence-electron chi connectivity index (χ0n) is 10.9. The summed E-state index contributed by atoms with van der Waals surface area (Å²) >= 11 is 5.93. The molecule has 0 amide bonds. The Balaban J connectivity index is 1.92. The van der Waals surface area contributed by atoms with E-state index < -0.39 is 0 Å². The highest BCUT2D eigenvalue weighted by Crippen LogP contribution is 2.22. The Morgan fingerprint density at radius 3 is 2.72 bits per heavy atom. The van der Waals surface area contributed by atoms with Crippen LogP contribution in [-0.4, -0.2) is 37.2 Å². The Labute approximate surface area is 114 Å². The van der Waals surface area contributed by atoms with Crippen molar-refractivity contribution < 1.29 is 4.74 Å².